The Morgan fingerprint density at radius 3 is 2.72 bits per heavy atom. The molecule has 0 radical (unpaired) electrons. The minimum absolute atomic E-state index is 0.477. The average molecular weight is 243 g/mol. The molecule has 0 aliphatic rings. The van der Waals surface area contributed by atoms with Gasteiger partial charge < -0.3 is 10.0 Å². The molecule has 1 unspecified atom stereocenters. The Labute approximate surface area is 107 Å². The molecule has 4 nitrogen and oxygen atoms in total. The third-order valence-electron chi connectivity index (χ3n) is 2.77. The molecule has 0 spiro atoms. The monoisotopic (exact) mass is 243 g/mol. The van der Waals surface area contributed by atoms with Crippen molar-refractivity contribution in [2.45, 2.75) is 19.6 Å². The smallest absolute Gasteiger partial charge is 0.128 e. The van der Waals surface area contributed by atoms with Gasteiger partial charge in [-0.2, -0.15) is 0 Å². The molecule has 1 atom stereocenters. The summed E-state index contributed by atoms with van der Waals surface area (Å²) in [5.74, 6) is 0.832. The standard InChI is InChI=1S/C14H17N3O/c1-11(18)12-6-8-16-14(9-12)17(2)10-13-5-3-4-7-15-13/h3-9,11,18H,10H2,1-2H3. The molecular weight excluding hydrogens is 226 g/mol. The van der Waals surface area contributed by atoms with Gasteiger partial charge in [0.05, 0.1) is 18.3 Å². The molecule has 94 valence electrons. The van der Waals surface area contributed by atoms with Gasteiger partial charge in [0.25, 0.3) is 0 Å². The highest BCUT2D eigenvalue weighted by atomic mass is 16.3. The fourth-order valence-corrected chi connectivity index (χ4v) is 1.72. The third-order valence-corrected chi connectivity index (χ3v) is 2.77. The van der Waals surface area contributed by atoms with Gasteiger partial charge in [-0.1, -0.05) is 6.07 Å². The van der Waals surface area contributed by atoms with Gasteiger partial charge in [-0.25, -0.2) is 4.98 Å². The number of pyridine rings is 2. The summed E-state index contributed by atoms with van der Waals surface area (Å²) in [4.78, 5) is 10.6. The number of aliphatic hydroxyl groups is 1. The molecule has 2 heterocycles. The minimum Gasteiger partial charge on any atom is -0.389 e. The van der Waals surface area contributed by atoms with Crippen molar-refractivity contribution in [3.8, 4) is 0 Å². The molecule has 0 saturated heterocycles. The summed E-state index contributed by atoms with van der Waals surface area (Å²) < 4.78 is 0. The minimum atomic E-state index is -0.477. The zero-order valence-electron chi connectivity index (χ0n) is 10.6. The molecule has 0 aliphatic heterocycles. The van der Waals surface area contributed by atoms with Crippen molar-refractivity contribution in [2.24, 2.45) is 0 Å². The van der Waals surface area contributed by atoms with Crippen LogP contribution < -0.4 is 4.90 Å². The Kier molecular flexibility index (Phi) is 3.89. The molecule has 2 rings (SSSR count). The van der Waals surface area contributed by atoms with Gasteiger partial charge in [0.1, 0.15) is 5.82 Å². The zero-order chi connectivity index (χ0) is 13.0. The van der Waals surface area contributed by atoms with Gasteiger partial charge in [0.2, 0.25) is 0 Å². The Hall–Kier alpha value is -1.94. The van der Waals surface area contributed by atoms with E-state index in [1.807, 2.05) is 42.3 Å². The summed E-state index contributed by atoms with van der Waals surface area (Å²) in [6.07, 6.45) is 3.02. The lowest BCUT2D eigenvalue weighted by atomic mass is 10.1. The first-order valence-corrected chi connectivity index (χ1v) is 5.92. The number of aromatic nitrogens is 2. The summed E-state index contributed by atoms with van der Waals surface area (Å²) in [6, 6.07) is 9.57. The largest absolute Gasteiger partial charge is 0.389 e. The maximum absolute atomic E-state index is 9.56. The topological polar surface area (TPSA) is 49.3 Å². The van der Waals surface area contributed by atoms with Gasteiger partial charge in [0.15, 0.2) is 0 Å². The molecule has 2 aromatic heterocycles. The number of hydrogen-bond acceptors (Lipinski definition) is 4. The lowest BCUT2D eigenvalue weighted by Crippen LogP contribution is -2.18. The molecule has 4 heteroatoms. The van der Waals surface area contributed by atoms with Gasteiger partial charge in [-0.05, 0) is 36.8 Å². The average Bonchev–Trinajstić information content (AvgIpc) is 2.40. The molecule has 1 N–H and O–H groups in total. The van der Waals surface area contributed by atoms with Crippen LogP contribution in [-0.4, -0.2) is 22.1 Å². The highest BCUT2D eigenvalue weighted by molar-refractivity contribution is 5.41. The first kappa shape index (κ1) is 12.5. The highest BCUT2D eigenvalue weighted by Crippen LogP contribution is 2.18. The van der Waals surface area contributed by atoms with Crippen LogP contribution in [0, 0.1) is 0 Å². The van der Waals surface area contributed by atoms with E-state index in [4.69, 9.17) is 0 Å². The van der Waals surface area contributed by atoms with Crippen LogP contribution in [0.3, 0.4) is 0 Å². The second-order valence-electron chi connectivity index (χ2n) is 4.30. The Bertz CT molecular complexity index is 499. The summed E-state index contributed by atoms with van der Waals surface area (Å²) in [6.45, 7) is 2.44. The molecule has 2 aromatic rings. The van der Waals surface area contributed by atoms with Crippen LogP contribution in [0.5, 0.6) is 0 Å². The van der Waals surface area contributed by atoms with Crippen molar-refractivity contribution in [2.75, 3.05) is 11.9 Å². The van der Waals surface area contributed by atoms with Crippen molar-refractivity contribution >= 4 is 5.82 Å². The lowest BCUT2D eigenvalue weighted by Gasteiger charge is -2.18. The summed E-state index contributed by atoms with van der Waals surface area (Å²) in [5.41, 5.74) is 1.86. The van der Waals surface area contributed by atoms with Gasteiger partial charge >= 0.3 is 0 Å². The van der Waals surface area contributed by atoms with Crippen LogP contribution in [0.4, 0.5) is 5.82 Å². The van der Waals surface area contributed by atoms with E-state index < -0.39 is 6.10 Å². The second-order valence-corrected chi connectivity index (χ2v) is 4.30. The Balaban J connectivity index is 2.14. The fraction of sp³-hybridized carbons (Fsp3) is 0.286. The second kappa shape index (κ2) is 5.60. The zero-order valence-corrected chi connectivity index (χ0v) is 10.6. The number of hydrogen-bond donors (Lipinski definition) is 1. The number of nitrogens with zero attached hydrogens (tertiary/aromatic N) is 3. The van der Waals surface area contributed by atoms with Crippen molar-refractivity contribution in [1.82, 2.24) is 9.97 Å². The van der Waals surface area contributed by atoms with E-state index in [0.29, 0.717) is 6.54 Å². The maximum Gasteiger partial charge on any atom is 0.128 e. The van der Waals surface area contributed by atoms with E-state index in [2.05, 4.69) is 9.97 Å². The normalized spacial score (nSPS) is 12.2. The summed E-state index contributed by atoms with van der Waals surface area (Å²) in [7, 11) is 1.96. The van der Waals surface area contributed by atoms with Crippen molar-refractivity contribution in [3.63, 3.8) is 0 Å². The van der Waals surface area contributed by atoms with Crippen LogP contribution in [0.25, 0.3) is 0 Å². The molecule has 0 amide bonds. The van der Waals surface area contributed by atoms with E-state index in [0.717, 1.165) is 17.1 Å². The Morgan fingerprint density at radius 1 is 1.22 bits per heavy atom. The van der Waals surface area contributed by atoms with Crippen LogP contribution >= 0.6 is 0 Å². The van der Waals surface area contributed by atoms with Crippen LogP contribution in [0.15, 0.2) is 42.7 Å². The maximum atomic E-state index is 9.56. The third kappa shape index (κ3) is 3.05. The molecule has 0 fully saturated rings. The molecule has 0 bridgehead atoms. The lowest BCUT2D eigenvalue weighted by molar-refractivity contribution is 0.199. The first-order valence-electron chi connectivity index (χ1n) is 5.92. The van der Waals surface area contributed by atoms with E-state index in [1.54, 1.807) is 19.3 Å². The number of rotatable bonds is 4. The molecule has 0 aromatic carbocycles. The summed E-state index contributed by atoms with van der Waals surface area (Å²) >= 11 is 0. The first-order chi connectivity index (χ1) is 8.66. The van der Waals surface area contributed by atoms with E-state index in [9.17, 15) is 5.11 Å². The van der Waals surface area contributed by atoms with E-state index >= 15 is 0 Å². The van der Waals surface area contributed by atoms with Crippen LogP contribution in [0.1, 0.15) is 24.3 Å². The van der Waals surface area contributed by atoms with Crippen molar-refractivity contribution in [3.05, 3.63) is 54.0 Å². The number of anilines is 1. The van der Waals surface area contributed by atoms with Crippen LogP contribution in [0.2, 0.25) is 0 Å². The van der Waals surface area contributed by atoms with E-state index in [-0.39, 0.29) is 0 Å². The molecule has 18 heavy (non-hydrogen) atoms. The fourth-order valence-electron chi connectivity index (χ4n) is 1.72. The molecule has 0 saturated carbocycles. The summed E-state index contributed by atoms with van der Waals surface area (Å²) in [5, 5.41) is 9.56. The highest BCUT2D eigenvalue weighted by Gasteiger charge is 2.07. The predicted molar refractivity (Wildman–Crippen MR) is 71.2 cm³/mol. The van der Waals surface area contributed by atoms with Crippen molar-refractivity contribution < 1.29 is 5.11 Å². The van der Waals surface area contributed by atoms with Gasteiger partial charge in [0, 0.05) is 19.4 Å². The van der Waals surface area contributed by atoms with E-state index in [1.165, 1.54) is 0 Å². The van der Waals surface area contributed by atoms with Gasteiger partial charge in [-0.3, -0.25) is 4.98 Å². The van der Waals surface area contributed by atoms with Gasteiger partial charge in [-0.15, -0.1) is 0 Å². The quantitative estimate of drug-likeness (QED) is 0.894. The van der Waals surface area contributed by atoms with Crippen LogP contribution in [-0.2, 0) is 6.54 Å². The Morgan fingerprint density at radius 2 is 2.06 bits per heavy atom. The predicted octanol–water partition coefficient (Wildman–Crippen LogP) is 2.17. The van der Waals surface area contributed by atoms with Crippen molar-refractivity contribution in [1.29, 1.82) is 0 Å². The SMILES string of the molecule is CC(O)c1ccnc(N(C)Cc2ccccn2)c1. The molecular formula is C14H17N3O. The molecule has 0 aliphatic carbocycles. The number of aliphatic hydroxyl groups excluding tert-OH is 1.